The number of aromatic amines is 1. The molecule has 3 heterocycles. The van der Waals surface area contributed by atoms with Gasteiger partial charge < -0.3 is 14.6 Å². The van der Waals surface area contributed by atoms with Gasteiger partial charge in [-0.1, -0.05) is 0 Å². The van der Waals surface area contributed by atoms with Crippen LogP contribution in [0.4, 0.5) is 5.82 Å². The highest BCUT2D eigenvalue weighted by Crippen LogP contribution is 2.22. The molecule has 1 fully saturated rings. The molecule has 0 aromatic carbocycles. The highest BCUT2D eigenvalue weighted by Gasteiger charge is 2.21. The lowest BCUT2D eigenvalue weighted by molar-refractivity contribution is -0.142. The second-order valence-electron chi connectivity index (χ2n) is 4.78. The zero-order valence-corrected chi connectivity index (χ0v) is 11.4. The summed E-state index contributed by atoms with van der Waals surface area (Å²) in [5.74, 6) is 0.766. The molecule has 7 nitrogen and oxygen atoms in total. The van der Waals surface area contributed by atoms with Gasteiger partial charge in [-0.05, 0) is 6.07 Å². The Hall–Kier alpha value is -2.15. The fraction of sp³-hybridized carbons (Fsp3) is 0.462. The third-order valence-electron chi connectivity index (χ3n) is 3.59. The number of carbonyl (C=O) groups is 1. The number of hydrogen-bond acceptors (Lipinski definition) is 6. The van der Waals surface area contributed by atoms with Crippen molar-refractivity contribution in [3.05, 3.63) is 18.6 Å². The molecule has 1 saturated heterocycles. The first kappa shape index (κ1) is 12.9. The summed E-state index contributed by atoms with van der Waals surface area (Å²) in [7, 11) is 1.42. The Morgan fingerprint density at radius 2 is 2.15 bits per heavy atom. The molecule has 1 N–H and O–H groups in total. The van der Waals surface area contributed by atoms with Crippen LogP contribution in [0.5, 0.6) is 0 Å². The number of anilines is 1. The number of carbonyl (C=O) groups excluding carboxylic acids is 1. The minimum Gasteiger partial charge on any atom is -0.468 e. The molecule has 3 rings (SSSR count). The monoisotopic (exact) mass is 275 g/mol. The number of fused-ring (bicyclic) bond motifs is 1. The lowest BCUT2D eigenvalue weighted by atomic mass is 10.2. The van der Waals surface area contributed by atoms with E-state index >= 15 is 0 Å². The fourth-order valence-corrected chi connectivity index (χ4v) is 2.48. The van der Waals surface area contributed by atoms with E-state index in [2.05, 4.69) is 24.8 Å². The minimum atomic E-state index is -0.187. The summed E-state index contributed by atoms with van der Waals surface area (Å²) < 4.78 is 4.69. The number of H-pyrrole nitrogens is 1. The maximum Gasteiger partial charge on any atom is 0.319 e. The van der Waals surface area contributed by atoms with Gasteiger partial charge in [0.05, 0.1) is 19.0 Å². The summed E-state index contributed by atoms with van der Waals surface area (Å²) in [6.07, 6.45) is 3.45. The van der Waals surface area contributed by atoms with Crippen LogP contribution in [0.25, 0.3) is 11.0 Å². The second kappa shape index (κ2) is 5.46. The molecule has 0 unspecified atom stereocenters. The van der Waals surface area contributed by atoms with E-state index in [-0.39, 0.29) is 5.97 Å². The van der Waals surface area contributed by atoms with Crippen LogP contribution in [-0.4, -0.2) is 65.7 Å². The normalized spacial score (nSPS) is 16.6. The molecule has 106 valence electrons. The lowest BCUT2D eigenvalue weighted by Crippen LogP contribution is -2.48. The average Bonchev–Trinajstić information content (AvgIpc) is 2.96. The van der Waals surface area contributed by atoms with Crippen molar-refractivity contribution in [2.45, 2.75) is 0 Å². The standard InChI is InChI=1S/C13H17N5O2/c1-20-11(19)8-17-4-6-18(7-5-17)13-10-2-3-14-12(10)15-9-16-13/h2-3,9H,4-8H2,1H3,(H,14,15,16). The van der Waals surface area contributed by atoms with Crippen molar-refractivity contribution in [1.29, 1.82) is 0 Å². The summed E-state index contributed by atoms with van der Waals surface area (Å²) in [6, 6.07) is 1.99. The van der Waals surface area contributed by atoms with Crippen LogP contribution in [0.3, 0.4) is 0 Å². The molecule has 20 heavy (non-hydrogen) atoms. The summed E-state index contributed by atoms with van der Waals surface area (Å²) in [5, 5.41) is 1.04. The van der Waals surface area contributed by atoms with Crippen molar-refractivity contribution in [3.8, 4) is 0 Å². The average molecular weight is 275 g/mol. The maximum atomic E-state index is 11.3. The van der Waals surface area contributed by atoms with Crippen LogP contribution in [-0.2, 0) is 9.53 Å². The van der Waals surface area contributed by atoms with Crippen molar-refractivity contribution in [2.24, 2.45) is 0 Å². The Kier molecular flexibility index (Phi) is 3.51. The Morgan fingerprint density at radius 3 is 2.90 bits per heavy atom. The van der Waals surface area contributed by atoms with Gasteiger partial charge in [0.1, 0.15) is 17.8 Å². The number of methoxy groups -OCH3 is 1. The topological polar surface area (TPSA) is 74.3 Å². The van der Waals surface area contributed by atoms with Crippen molar-refractivity contribution >= 4 is 22.8 Å². The Morgan fingerprint density at radius 1 is 1.35 bits per heavy atom. The number of aromatic nitrogens is 3. The van der Waals surface area contributed by atoms with Crippen LogP contribution >= 0.6 is 0 Å². The number of rotatable bonds is 3. The van der Waals surface area contributed by atoms with Gasteiger partial charge in [-0.25, -0.2) is 9.97 Å². The van der Waals surface area contributed by atoms with Gasteiger partial charge in [-0.15, -0.1) is 0 Å². The Labute approximate surface area is 116 Å². The summed E-state index contributed by atoms with van der Waals surface area (Å²) in [4.78, 5) is 27.3. The van der Waals surface area contributed by atoms with E-state index < -0.39 is 0 Å². The van der Waals surface area contributed by atoms with Crippen molar-refractivity contribution in [1.82, 2.24) is 19.9 Å². The van der Waals surface area contributed by atoms with E-state index in [0.29, 0.717) is 6.54 Å². The van der Waals surface area contributed by atoms with E-state index in [9.17, 15) is 4.79 Å². The van der Waals surface area contributed by atoms with E-state index in [1.807, 2.05) is 12.3 Å². The quantitative estimate of drug-likeness (QED) is 0.810. The number of hydrogen-bond donors (Lipinski definition) is 1. The molecule has 2 aromatic rings. The second-order valence-corrected chi connectivity index (χ2v) is 4.78. The predicted octanol–water partition coefficient (Wildman–Crippen LogP) is 0.253. The van der Waals surface area contributed by atoms with Gasteiger partial charge in [-0.2, -0.15) is 0 Å². The highest BCUT2D eigenvalue weighted by atomic mass is 16.5. The van der Waals surface area contributed by atoms with E-state index in [4.69, 9.17) is 4.74 Å². The third kappa shape index (κ3) is 2.44. The van der Waals surface area contributed by atoms with Crippen LogP contribution in [0.15, 0.2) is 18.6 Å². The minimum absolute atomic E-state index is 0.187. The summed E-state index contributed by atoms with van der Waals surface area (Å²) in [6.45, 7) is 3.69. The molecule has 0 bridgehead atoms. The molecule has 1 aliphatic rings. The zero-order valence-electron chi connectivity index (χ0n) is 11.4. The number of esters is 1. The van der Waals surface area contributed by atoms with E-state index in [0.717, 1.165) is 43.0 Å². The number of nitrogens with zero attached hydrogens (tertiary/aromatic N) is 4. The highest BCUT2D eigenvalue weighted by molar-refractivity contribution is 5.87. The molecule has 7 heteroatoms. The van der Waals surface area contributed by atoms with Crippen LogP contribution < -0.4 is 4.90 Å². The maximum absolute atomic E-state index is 11.3. The van der Waals surface area contributed by atoms with Crippen LogP contribution in [0.2, 0.25) is 0 Å². The molecule has 0 atom stereocenters. The smallest absolute Gasteiger partial charge is 0.319 e. The third-order valence-corrected chi connectivity index (χ3v) is 3.59. The first-order valence-electron chi connectivity index (χ1n) is 6.60. The molecule has 0 aliphatic carbocycles. The first-order chi connectivity index (χ1) is 9.78. The van der Waals surface area contributed by atoms with Crippen molar-refractivity contribution in [2.75, 3.05) is 44.7 Å². The number of ether oxygens (including phenoxy) is 1. The zero-order chi connectivity index (χ0) is 13.9. The lowest BCUT2D eigenvalue weighted by Gasteiger charge is -2.34. The predicted molar refractivity (Wildman–Crippen MR) is 74.6 cm³/mol. The number of nitrogens with one attached hydrogen (secondary N) is 1. The van der Waals surface area contributed by atoms with E-state index in [1.165, 1.54) is 7.11 Å². The number of piperazine rings is 1. The summed E-state index contributed by atoms with van der Waals surface area (Å²) >= 11 is 0. The van der Waals surface area contributed by atoms with Gasteiger partial charge in [-0.3, -0.25) is 9.69 Å². The van der Waals surface area contributed by atoms with Gasteiger partial charge in [0, 0.05) is 32.4 Å². The Bertz CT molecular complexity index is 604. The van der Waals surface area contributed by atoms with Crippen molar-refractivity contribution in [3.63, 3.8) is 0 Å². The summed E-state index contributed by atoms with van der Waals surface area (Å²) in [5.41, 5.74) is 0.854. The van der Waals surface area contributed by atoms with Crippen LogP contribution in [0, 0.1) is 0 Å². The van der Waals surface area contributed by atoms with Gasteiger partial charge in [0.15, 0.2) is 0 Å². The SMILES string of the molecule is COC(=O)CN1CCN(c2ncnc3[nH]ccc23)CC1. The molecular weight excluding hydrogens is 258 g/mol. The fourth-order valence-electron chi connectivity index (χ4n) is 2.48. The molecule has 0 saturated carbocycles. The molecule has 0 amide bonds. The Balaban J connectivity index is 1.69. The molecular formula is C13H17N5O2. The largest absolute Gasteiger partial charge is 0.468 e. The van der Waals surface area contributed by atoms with Crippen molar-refractivity contribution < 1.29 is 9.53 Å². The first-order valence-corrected chi connectivity index (χ1v) is 6.60. The molecule has 0 spiro atoms. The molecule has 2 aromatic heterocycles. The van der Waals surface area contributed by atoms with Crippen LogP contribution in [0.1, 0.15) is 0 Å². The van der Waals surface area contributed by atoms with Gasteiger partial charge >= 0.3 is 5.97 Å². The van der Waals surface area contributed by atoms with Gasteiger partial charge in [0.25, 0.3) is 0 Å². The molecule has 1 aliphatic heterocycles. The molecule has 0 radical (unpaired) electrons. The van der Waals surface area contributed by atoms with Gasteiger partial charge in [0.2, 0.25) is 0 Å². The van der Waals surface area contributed by atoms with E-state index in [1.54, 1.807) is 6.33 Å².